The molecule has 0 saturated carbocycles. The lowest BCUT2D eigenvalue weighted by atomic mass is 10.2. The van der Waals surface area contributed by atoms with Crippen LogP contribution in [0.3, 0.4) is 0 Å². The summed E-state index contributed by atoms with van der Waals surface area (Å²) in [5, 5.41) is 12.0. The molecule has 9 heteroatoms. The third kappa shape index (κ3) is 4.94. The molecule has 7 nitrogen and oxygen atoms in total. The van der Waals surface area contributed by atoms with Crippen LogP contribution in [0.5, 0.6) is 0 Å². The van der Waals surface area contributed by atoms with Crippen molar-refractivity contribution in [2.45, 2.75) is 18.7 Å². The molecule has 1 N–H and O–H groups in total. The van der Waals surface area contributed by atoms with E-state index in [1.165, 1.54) is 24.5 Å². The lowest BCUT2D eigenvalue weighted by Gasteiger charge is -2.20. The molecule has 0 aliphatic rings. The van der Waals surface area contributed by atoms with Crippen molar-refractivity contribution in [1.82, 2.24) is 10.2 Å². The molecule has 168 valence electrons. The van der Waals surface area contributed by atoms with Crippen molar-refractivity contribution < 1.29 is 13.2 Å². The Morgan fingerprint density at radius 3 is 2.21 bits per heavy atom. The van der Waals surface area contributed by atoms with Crippen LogP contribution in [0.1, 0.15) is 21.5 Å². The number of benzene rings is 3. The topological polar surface area (TPSA) is 92.3 Å². The second-order valence-electron chi connectivity index (χ2n) is 7.57. The quantitative estimate of drug-likeness (QED) is 0.426. The van der Waals surface area contributed by atoms with E-state index in [0.717, 1.165) is 21.0 Å². The van der Waals surface area contributed by atoms with E-state index < -0.39 is 15.9 Å². The van der Waals surface area contributed by atoms with Gasteiger partial charge in [0.2, 0.25) is 5.13 Å². The van der Waals surface area contributed by atoms with Gasteiger partial charge in [-0.25, -0.2) is 8.42 Å². The number of amides is 1. The van der Waals surface area contributed by atoms with Crippen molar-refractivity contribution in [3.8, 4) is 10.6 Å². The first kappa shape index (κ1) is 22.6. The van der Waals surface area contributed by atoms with Crippen LogP contribution in [0.2, 0.25) is 0 Å². The lowest BCUT2D eigenvalue weighted by Crippen LogP contribution is -2.26. The molecule has 0 radical (unpaired) electrons. The number of hydrogen-bond donors (Lipinski definition) is 1. The van der Waals surface area contributed by atoms with Crippen LogP contribution < -0.4 is 9.62 Å². The third-order valence-corrected chi connectivity index (χ3v) is 7.78. The summed E-state index contributed by atoms with van der Waals surface area (Å²) < 4.78 is 27.1. The van der Waals surface area contributed by atoms with E-state index in [-0.39, 0.29) is 4.90 Å². The predicted octanol–water partition coefficient (Wildman–Crippen LogP) is 4.90. The average Bonchev–Trinajstić information content (AvgIpc) is 3.27. The Hall–Kier alpha value is -3.56. The van der Waals surface area contributed by atoms with Gasteiger partial charge in [0.05, 0.1) is 10.6 Å². The maximum absolute atomic E-state index is 13.0. The molecule has 1 aromatic heterocycles. The molecule has 0 aliphatic heterocycles. The summed E-state index contributed by atoms with van der Waals surface area (Å²) in [6.45, 7) is 3.90. The van der Waals surface area contributed by atoms with Crippen LogP contribution in [0.4, 0.5) is 10.8 Å². The van der Waals surface area contributed by atoms with Crippen LogP contribution in [0.25, 0.3) is 10.6 Å². The monoisotopic (exact) mass is 478 g/mol. The summed E-state index contributed by atoms with van der Waals surface area (Å²) >= 11 is 1.27. The highest BCUT2D eigenvalue weighted by Gasteiger charge is 2.22. The second-order valence-corrected chi connectivity index (χ2v) is 10.5. The molecule has 0 saturated heterocycles. The van der Waals surface area contributed by atoms with Crippen molar-refractivity contribution in [3.63, 3.8) is 0 Å². The molecule has 1 heterocycles. The Bertz CT molecular complexity index is 1400. The Kier molecular flexibility index (Phi) is 6.26. The Balaban J connectivity index is 1.52. The Morgan fingerprint density at radius 1 is 0.909 bits per heavy atom. The molecular weight excluding hydrogens is 456 g/mol. The van der Waals surface area contributed by atoms with Gasteiger partial charge >= 0.3 is 0 Å². The van der Waals surface area contributed by atoms with Crippen molar-refractivity contribution in [1.29, 1.82) is 0 Å². The number of hydrogen-bond acceptors (Lipinski definition) is 6. The molecule has 0 bridgehead atoms. The third-order valence-electron chi connectivity index (χ3n) is 5.10. The summed E-state index contributed by atoms with van der Waals surface area (Å²) in [7, 11) is -2.30. The minimum Gasteiger partial charge on any atom is -0.296 e. The van der Waals surface area contributed by atoms with Crippen LogP contribution in [-0.4, -0.2) is 31.6 Å². The molecular formula is C24H22N4O3S2. The van der Waals surface area contributed by atoms with E-state index in [2.05, 4.69) is 15.5 Å². The van der Waals surface area contributed by atoms with Crippen molar-refractivity contribution in [2.75, 3.05) is 16.7 Å². The van der Waals surface area contributed by atoms with Gasteiger partial charge in [-0.05, 0) is 44.2 Å². The zero-order valence-electron chi connectivity index (χ0n) is 18.3. The fourth-order valence-corrected chi connectivity index (χ4v) is 5.04. The Morgan fingerprint density at radius 2 is 1.55 bits per heavy atom. The van der Waals surface area contributed by atoms with E-state index in [1.807, 2.05) is 38.1 Å². The molecule has 4 aromatic rings. The number of anilines is 2. The van der Waals surface area contributed by atoms with E-state index in [9.17, 15) is 13.2 Å². The number of carbonyl (C=O) groups excluding carboxylic acids is 1. The van der Waals surface area contributed by atoms with Crippen LogP contribution >= 0.6 is 11.3 Å². The van der Waals surface area contributed by atoms with E-state index in [4.69, 9.17) is 0 Å². The van der Waals surface area contributed by atoms with Crippen LogP contribution in [0.15, 0.2) is 77.7 Å². The molecule has 0 fully saturated rings. The maximum Gasteiger partial charge on any atom is 0.264 e. The normalized spacial score (nSPS) is 11.2. The largest absolute Gasteiger partial charge is 0.296 e. The molecule has 0 unspecified atom stereocenters. The predicted molar refractivity (Wildman–Crippen MR) is 131 cm³/mol. The van der Waals surface area contributed by atoms with Crippen LogP contribution in [0, 0.1) is 13.8 Å². The van der Waals surface area contributed by atoms with Gasteiger partial charge in [0.15, 0.2) is 0 Å². The van der Waals surface area contributed by atoms with Gasteiger partial charge < -0.3 is 0 Å². The zero-order chi connectivity index (χ0) is 23.6. The SMILES string of the molecule is Cc1ccc(-c2nnc(NC(=O)c3cccc(N(C)S(=O)(=O)c4ccc(C)cc4)c3)s2)cc1. The molecule has 0 atom stereocenters. The fourth-order valence-electron chi connectivity index (χ4n) is 3.11. The van der Waals surface area contributed by atoms with Gasteiger partial charge in [-0.2, -0.15) is 0 Å². The standard InChI is InChI=1S/C24H22N4O3S2/c1-16-7-11-18(12-8-16)23-26-27-24(32-23)25-22(29)19-5-4-6-20(15-19)28(3)33(30,31)21-13-9-17(2)10-14-21/h4-15H,1-3H3,(H,25,27,29). The number of rotatable bonds is 6. The number of carbonyl (C=O) groups is 1. The number of nitrogens with zero attached hydrogens (tertiary/aromatic N) is 3. The molecule has 3 aromatic carbocycles. The van der Waals surface area contributed by atoms with Crippen molar-refractivity contribution in [2.24, 2.45) is 0 Å². The molecule has 0 aliphatic carbocycles. The highest BCUT2D eigenvalue weighted by atomic mass is 32.2. The Labute approximate surface area is 196 Å². The first-order chi connectivity index (χ1) is 15.7. The summed E-state index contributed by atoms with van der Waals surface area (Å²) in [5.74, 6) is -0.399. The van der Waals surface area contributed by atoms with Gasteiger partial charge in [0.25, 0.3) is 15.9 Å². The summed E-state index contributed by atoms with van der Waals surface area (Å²) in [5.41, 5.74) is 3.72. The van der Waals surface area contributed by atoms with Crippen LogP contribution in [-0.2, 0) is 10.0 Å². The fraction of sp³-hybridized carbons (Fsp3) is 0.125. The van der Waals surface area contributed by atoms with Gasteiger partial charge in [-0.15, -0.1) is 10.2 Å². The molecule has 33 heavy (non-hydrogen) atoms. The van der Waals surface area contributed by atoms with Crippen molar-refractivity contribution >= 4 is 38.1 Å². The van der Waals surface area contributed by atoms with Gasteiger partial charge in [0.1, 0.15) is 5.01 Å². The minimum atomic E-state index is -3.76. The minimum absolute atomic E-state index is 0.183. The second kappa shape index (κ2) is 9.13. The van der Waals surface area contributed by atoms with Crippen molar-refractivity contribution in [3.05, 3.63) is 89.5 Å². The zero-order valence-corrected chi connectivity index (χ0v) is 19.9. The maximum atomic E-state index is 13.0. The molecule has 1 amide bonds. The van der Waals surface area contributed by atoms with E-state index >= 15 is 0 Å². The number of sulfonamides is 1. The lowest BCUT2D eigenvalue weighted by molar-refractivity contribution is 0.102. The first-order valence-corrected chi connectivity index (χ1v) is 12.4. The first-order valence-electron chi connectivity index (χ1n) is 10.1. The molecule has 4 rings (SSSR count). The number of aryl methyl sites for hydroxylation is 2. The summed E-state index contributed by atoms with van der Waals surface area (Å²) in [6.07, 6.45) is 0. The highest BCUT2D eigenvalue weighted by Crippen LogP contribution is 2.27. The average molecular weight is 479 g/mol. The number of nitrogens with one attached hydrogen (secondary N) is 1. The van der Waals surface area contributed by atoms with Gasteiger partial charge in [0, 0.05) is 18.2 Å². The van der Waals surface area contributed by atoms with E-state index in [0.29, 0.717) is 21.4 Å². The van der Waals surface area contributed by atoms with Gasteiger partial charge in [-0.1, -0.05) is 64.9 Å². The summed E-state index contributed by atoms with van der Waals surface area (Å²) in [4.78, 5) is 13.0. The number of aromatic nitrogens is 2. The van der Waals surface area contributed by atoms with E-state index in [1.54, 1.807) is 42.5 Å². The smallest absolute Gasteiger partial charge is 0.264 e. The summed E-state index contributed by atoms with van der Waals surface area (Å²) in [6, 6.07) is 20.9. The van der Waals surface area contributed by atoms with Gasteiger partial charge in [-0.3, -0.25) is 14.4 Å². The molecule has 0 spiro atoms. The highest BCUT2D eigenvalue weighted by molar-refractivity contribution is 7.92.